The number of carbonyl (C=O) groups excluding carboxylic acids is 1. The second kappa shape index (κ2) is 9.38. The second-order valence-corrected chi connectivity index (χ2v) is 6.51. The molecule has 158 valence electrons. The molecule has 2 aromatic rings. The molecule has 0 fully saturated rings. The largest absolute Gasteiger partial charge is 0.470 e. The van der Waals surface area contributed by atoms with Gasteiger partial charge >= 0.3 is 5.88 Å². The van der Waals surface area contributed by atoms with E-state index in [0.29, 0.717) is 16.7 Å². The number of nitrogens with zero attached hydrogens (tertiary/aromatic N) is 4. The zero-order valence-electron chi connectivity index (χ0n) is 16.1. The smallest absolute Gasteiger partial charge is 0.453 e. The Morgan fingerprint density at radius 3 is 2.61 bits per heavy atom. The van der Waals surface area contributed by atoms with E-state index in [4.69, 9.17) is 5.26 Å². The summed E-state index contributed by atoms with van der Waals surface area (Å²) < 4.78 is 0. The Morgan fingerprint density at radius 1 is 1.26 bits per heavy atom. The number of benzene rings is 2. The van der Waals surface area contributed by atoms with Gasteiger partial charge in [0, 0.05) is 12.1 Å². The zero-order chi connectivity index (χ0) is 22.4. The van der Waals surface area contributed by atoms with Gasteiger partial charge in [-0.2, -0.15) is 5.26 Å². The molecular formula is C20H18N6O5. The normalized spacial score (nSPS) is 14.3. The van der Waals surface area contributed by atoms with E-state index in [2.05, 4.69) is 15.7 Å². The van der Waals surface area contributed by atoms with Crippen molar-refractivity contribution in [2.45, 2.75) is 13.2 Å². The van der Waals surface area contributed by atoms with Crippen molar-refractivity contribution in [2.24, 2.45) is 4.99 Å². The van der Waals surface area contributed by atoms with Crippen molar-refractivity contribution in [2.75, 3.05) is 6.54 Å². The maximum absolute atomic E-state index is 12.4. The highest BCUT2D eigenvalue weighted by molar-refractivity contribution is 6.00. The third kappa shape index (κ3) is 5.14. The van der Waals surface area contributed by atoms with Crippen molar-refractivity contribution < 1.29 is 19.9 Å². The van der Waals surface area contributed by atoms with Gasteiger partial charge < -0.3 is 15.5 Å². The number of nitrogens with one attached hydrogen (secondary N) is 2. The van der Waals surface area contributed by atoms with Crippen LogP contribution in [0.1, 0.15) is 22.3 Å². The lowest BCUT2D eigenvalue weighted by Crippen LogP contribution is -2.43. The predicted octanol–water partition coefficient (Wildman–Crippen LogP) is 0.895. The highest BCUT2D eigenvalue weighted by atomic mass is 16.7. The van der Waals surface area contributed by atoms with Crippen LogP contribution in [0.2, 0.25) is 0 Å². The average molecular weight is 422 g/mol. The molecule has 11 nitrogen and oxygen atoms in total. The molecule has 0 unspecified atom stereocenters. The number of nitriles is 1. The van der Waals surface area contributed by atoms with Gasteiger partial charge in [0.1, 0.15) is 11.5 Å². The van der Waals surface area contributed by atoms with Crippen molar-refractivity contribution in [1.82, 2.24) is 15.8 Å². The SMILES string of the molecule is N#Cc1ccc(C2=NC(=C(O)[N+](=O)[O-])N(CC(=O)NCc3cccc(CO)c3)N2)cc1. The summed E-state index contributed by atoms with van der Waals surface area (Å²) in [5.41, 5.74) is 5.17. The standard InChI is InChI=1S/C20H18N6O5/c21-9-13-4-6-16(7-5-13)18-23-19(20(29)26(30)31)25(24-18)11-17(28)22-10-14-2-1-3-15(8-14)12-27/h1-8,27,29H,10-12H2,(H,22,28)(H,23,24). The van der Waals surface area contributed by atoms with Crippen molar-refractivity contribution in [3.05, 3.63) is 92.6 Å². The molecule has 0 aliphatic carbocycles. The Balaban J connectivity index is 1.73. The molecule has 1 heterocycles. The summed E-state index contributed by atoms with van der Waals surface area (Å²) in [7, 11) is 0. The van der Waals surface area contributed by atoms with Gasteiger partial charge in [-0.15, -0.1) is 0 Å². The predicted molar refractivity (Wildman–Crippen MR) is 108 cm³/mol. The molecule has 3 rings (SSSR count). The molecule has 1 aliphatic heterocycles. The number of carbonyl (C=O) groups is 1. The first-order valence-electron chi connectivity index (χ1n) is 9.07. The van der Waals surface area contributed by atoms with Crippen molar-refractivity contribution in [3.63, 3.8) is 0 Å². The first-order chi connectivity index (χ1) is 14.9. The number of hydrogen-bond donors (Lipinski definition) is 4. The maximum atomic E-state index is 12.4. The monoisotopic (exact) mass is 422 g/mol. The van der Waals surface area contributed by atoms with E-state index in [0.717, 1.165) is 10.6 Å². The third-order valence-electron chi connectivity index (χ3n) is 4.34. The molecule has 1 amide bonds. The molecule has 0 saturated carbocycles. The van der Waals surface area contributed by atoms with E-state index in [9.17, 15) is 25.1 Å². The summed E-state index contributed by atoms with van der Waals surface area (Å²) in [6.07, 6.45) is 0. The summed E-state index contributed by atoms with van der Waals surface area (Å²) >= 11 is 0. The van der Waals surface area contributed by atoms with Crippen LogP contribution in [0.5, 0.6) is 0 Å². The molecule has 0 radical (unpaired) electrons. The van der Waals surface area contributed by atoms with Gasteiger partial charge in [0.25, 0.3) is 5.82 Å². The van der Waals surface area contributed by atoms with Crippen molar-refractivity contribution >= 4 is 11.7 Å². The van der Waals surface area contributed by atoms with Crippen LogP contribution in [0.4, 0.5) is 0 Å². The van der Waals surface area contributed by atoms with Gasteiger partial charge in [-0.25, -0.2) is 4.99 Å². The van der Waals surface area contributed by atoms with Gasteiger partial charge in [0.05, 0.1) is 18.2 Å². The minimum Gasteiger partial charge on any atom is -0.453 e. The molecule has 31 heavy (non-hydrogen) atoms. The Kier molecular flexibility index (Phi) is 6.44. The lowest BCUT2D eigenvalue weighted by molar-refractivity contribution is -0.461. The first-order valence-corrected chi connectivity index (χ1v) is 9.07. The second-order valence-electron chi connectivity index (χ2n) is 6.51. The summed E-state index contributed by atoms with van der Waals surface area (Å²) in [6, 6.07) is 15.3. The highest BCUT2D eigenvalue weighted by Crippen LogP contribution is 2.18. The number of aliphatic hydroxyl groups is 2. The van der Waals surface area contributed by atoms with Crippen LogP contribution in [-0.4, -0.2) is 38.4 Å². The average Bonchev–Trinajstić information content (AvgIpc) is 3.20. The number of aliphatic imine (C=N–C) groups is 1. The van der Waals surface area contributed by atoms with Crippen LogP contribution in [0.25, 0.3) is 0 Å². The molecule has 11 heteroatoms. The number of aliphatic hydroxyl groups excluding tert-OH is 2. The van der Waals surface area contributed by atoms with E-state index >= 15 is 0 Å². The number of rotatable bonds is 7. The molecule has 0 spiro atoms. The number of nitro groups is 1. The van der Waals surface area contributed by atoms with Crippen molar-refractivity contribution in [1.29, 1.82) is 5.26 Å². The van der Waals surface area contributed by atoms with Crippen LogP contribution in [0.15, 0.2) is 65.2 Å². The molecule has 1 aliphatic rings. The first kappa shape index (κ1) is 21.3. The Bertz CT molecular complexity index is 1100. The zero-order valence-corrected chi connectivity index (χ0v) is 16.1. The van der Waals surface area contributed by atoms with Crippen molar-refractivity contribution in [3.8, 4) is 6.07 Å². The molecule has 4 N–H and O–H groups in total. The fraction of sp³-hybridized carbons (Fsp3) is 0.150. The van der Waals surface area contributed by atoms with Gasteiger partial charge in [-0.1, -0.05) is 24.3 Å². The molecule has 0 bridgehead atoms. The molecule has 0 aromatic heterocycles. The quantitative estimate of drug-likeness (QED) is 0.290. The fourth-order valence-corrected chi connectivity index (χ4v) is 2.81. The highest BCUT2D eigenvalue weighted by Gasteiger charge is 2.31. The van der Waals surface area contributed by atoms with Gasteiger partial charge in [0.2, 0.25) is 5.91 Å². The Hall–Kier alpha value is -4.43. The minimum absolute atomic E-state index is 0.122. The minimum atomic E-state index is -1.21. The van der Waals surface area contributed by atoms with Crippen LogP contribution >= 0.6 is 0 Å². The molecule has 0 saturated heterocycles. The summed E-state index contributed by atoms with van der Waals surface area (Å²) in [5.74, 6) is -1.93. The molecule has 0 atom stereocenters. The summed E-state index contributed by atoms with van der Waals surface area (Å²) in [5, 5.41) is 42.7. The number of hydrazine groups is 1. The van der Waals surface area contributed by atoms with E-state index < -0.39 is 22.5 Å². The van der Waals surface area contributed by atoms with E-state index in [1.165, 1.54) is 0 Å². The molecule has 2 aromatic carbocycles. The van der Waals surface area contributed by atoms with Gasteiger partial charge in [0.15, 0.2) is 5.84 Å². The summed E-state index contributed by atoms with van der Waals surface area (Å²) in [4.78, 5) is 26.5. The third-order valence-corrected chi connectivity index (χ3v) is 4.34. The van der Waals surface area contributed by atoms with Crippen LogP contribution in [0, 0.1) is 21.4 Å². The fourth-order valence-electron chi connectivity index (χ4n) is 2.81. The number of amidine groups is 1. The van der Waals surface area contributed by atoms with Crippen LogP contribution < -0.4 is 10.7 Å². The van der Waals surface area contributed by atoms with E-state index in [1.54, 1.807) is 48.5 Å². The van der Waals surface area contributed by atoms with Crippen LogP contribution in [0.3, 0.4) is 0 Å². The van der Waals surface area contributed by atoms with Gasteiger partial charge in [-0.3, -0.25) is 25.3 Å². The summed E-state index contributed by atoms with van der Waals surface area (Å²) in [6.45, 7) is -0.302. The van der Waals surface area contributed by atoms with Gasteiger partial charge in [-0.05, 0) is 35.4 Å². The lowest BCUT2D eigenvalue weighted by atomic mass is 10.1. The van der Waals surface area contributed by atoms with Crippen LogP contribution in [-0.2, 0) is 17.9 Å². The Morgan fingerprint density at radius 2 is 1.97 bits per heavy atom. The Labute approximate surface area is 176 Å². The van der Waals surface area contributed by atoms with E-state index in [1.807, 2.05) is 6.07 Å². The topological polar surface area (TPSA) is 164 Å². The number of hydrogen-bond acceptors (Lipinski definition) is 9. The lowest BCUT2D eigenvalue weighted by Gasteiger charge is -2.18. The van der Waals surface area contributed by atoms with E-state index in [-0.39, 0.29) is 25.5 Å². The maximum Gasteiger partial charge on any atom is 0.470 e. The molecular weight excluding hydrogens is 404 g/mol. The number of amides is 1.